The van der Waals surface area contributed by atoms with Crippen LogP contribution < -0.4 is 10.1 Å². The Hall–Kier alpha value is -1.72. The molecule has 0 fully saturated rings. The van der Waals surface area contributed by atoms with Gasteiger partial charge in [-0.15, -0.1) is 12.6 Å². The molecule has 0 aliphatic carbocycles. The Morgan fingerprint density at radius 3 is 2.56 bits per heavy atom. The molecule has 0 saturated carbocycles. The fourth-order valence-corrected chi connectivity index (χ4v) is 3.00. The molecule has 3 nitrogen and oxygen atoms in total. The van der Waals surface area contributed by atoms with Gasteiger partial charge in [0.25, 0.3) is 0 Å². The number of benzene rings is 2. The maximum Gasteiger partial charge on any atom is 0.145 e. The maximum absolute atomic E-state index is 6.19. The van der Waals surface area contributed by atoms with Crippen LogP contribution in [0.3, 0.4) is 0 Å². The first-order valence-electron chi connectivity index (χ1n) is 7.66. The van der Waals surface area contributed by atoms with Gasteiger partial charge in [0.15, 0.2) is 0 Å². The summed E-state index contributed by atoms with van der Waals surface area (Å²) in [6, 6.07) is 15.0. The van der Waals surface area contributed by atoms with E-state index in [0.717, 1.165) is 21.8 Å². The van der Waals surface area contributed by atoms with Crippen LogP contribution in [0.5, 0.6) is 11.5 Å². The van der Waals surface area contributed by atoms with Crippen LogP contribution in [0.4, 0.5) is 0 Å². The van der Waals surface area contributed by atoms with Crippen LogP contribution in [0.15, 0.2) is 65.8 Å². The van der Waals surface area contributed by atoms with Crippen LogP contribution in [0.2, 0.25) is 10.0 Å². The van der Waals surface area contributed by atoms with Crippen molar-refractivity contribution in [3.05, 3.63) is 82.1 Å². The lowest BCUT2D eigenvalue weighted by Crippen LogP contribution is -2.13. The zero-order valence-corrected chi connectivity index (χ0v) is 15.7. The van der Waals surface area contributed by atoms with E-state index in [1.54, 1.807) is 18.5 Å². The van der Waals surface area contributed by atoms with Crippen molar-refractivity contribution in [2.45, 2.75) is 18.0 Å². The number of pyridine rings is 1. The predicted molar refractivity (Wildman–Crippen MR) is 105 cm³/mol. The Bertz CT molecular complexity index is 859. The number of halogens is 2. The molecule has 0 spiro atoms. The lowest BCUT2D eigenvalue weighted by Gasteiger charge is -2.11. The average Bonchev–Trinajstić information content (AvgIpc) is 2.60. The fourth-order valence-electron chi connectivity index (χ4n) is 2.31. The molecule has 1 aromatic heterocycles. The van der Waals surface area contributed by atoms with Gasteiger partial charge in [-0.05, 0) is 53.6 Å². The number of hydrogen-bond donors (Lipinski definition) is 2. The molecule has 0 aliphatic rings. The highest BCUT2D eigenvalue weighted by atomic mass is 35.5. The third kappa shape index (κ3) is 5.13. The molecule has 25 heavy (non-hydrogen) atoms. The smallest absolute Gasteiger partial charge is 0.145 e. The largest absolute Gasteiger partial charge is 0.456 e. The minimum atomic E-state index is 0.631. The number of hydrogen-bond acceptors (Lipinski definition) is 4. The van der Waals surface area contributed by atoms with Gasteiger partial charge >= 0.3 is 0 Å². The average molecular weight is 391 g/mol. The van der Waals surface area contributed by atoms with Crippen molar-refractivity contribution in [2.75, 3.05) is 0 Å². The predicted octanol–water partition coefficient (Wildman–Crippen LogP) is 5.76. The second kappa shape index (κ2) is 8.59. The van der Waals surface area contributed by atoms with Crippen molar-refractivity contribution >= 4 is 35.8 Å². The van der Waals surface area contributed by atoms with Crippen molar-refractivity contribution in [1.82, 2.24) is 10.3 Å². The van der Waals surface area contributed by atoms with E-state index in [1.165, 1.54) is 0 Å². The second-order valence-electron chi connectivity index (χ2n) is 5.42. The number of thiol groups is 1. The molecular weight excluding hydrogens is 375 g/mol. The normalized spacial score (nSPS) is 10.7. The van der Waals surface area contributed by atoms with Crippen molar-refractivity contribution in [3.63, 3.8) is 0 Å². The summed E-state index contributed by atoms with van der Waals surface area (Å²) in [6.45, 7) is 1.28. The van der Waals surface area contributed by atoms with Gasteiger partial charge in [0.05, 0.1) is 6.20 Å². The fraction of sp³-hybridized carbons (Fsp3) is 0.105. The summed E-state index contributed by atoms with van der Waals surface area (Å²) in [7, 11) is 0. The van der Waals surface area contributed by atoms with E-state index < -0.39 is 0 Å². The number of nitrogens with one attached hydrogen (secondary N) is 1. The lowest BCUT2D eigenvalue weighted by molar-refractivity contribution is 0.478. The van der Waals surface area contributed by atoms with Crippen LogP contribution in [0, 0.1) is 0 Å². The van der Waals surface area contributed by atoms with Gasteiger partial charge in [-0.1, -0.05) is 29.3 Å². The lowest BCUT2D eigenvalue weighted by atomic mass is 10.2. The molecule has 0 atom stereocenters. The first-order chi connectivity index (χ1) is 12.1. The molecule has 6 heteroatoms. The topological polar surface area (TPSA) is 34.1 Å². The van der Waals surface area contributed by atoms with E-state index in [4.69, 9.17) is 27.9 Å². The molecule has 128 valence electrons. The highest BCUT2D eigenvalue weighted by Gasteiger charge is 2.05. The molecule has 1 heterocycles. The Morgan fingerprint density at radius 1 is 0.960 bits per heavy atom. The first-order valence-corrected chi connectivity index (χ1v) is 8.86. The molecule has 3 rings (SSSR count). The third-order valence-electron chi connectivity index (χ3n) is 3.57. The van der Waals surface area contributed by atoms with Crippen molar-refractivity contribution in [1.29, 1.82) is 0 Å². The summed E-state index contributed by atoms with van der Waals surface area (Å²) in [5, 5.41) is 4.65. The Kier molecular flexibility index (Phi) is 6.21. The van der Waals surface area contributed by atoms with Crippen molar-refractivity contribution in [3.8, 4) is 11.5 Å². The van der Waals surface area contributed by atoms with Crippen LogP contribution in [-0.4, -0.2) is 4.98 Å². The molecule has 1 N–H and O–H groups in total. The van der Waals surface area contributed by atoms with Gasteiger partial charge in [0.2, 0.25) is 0 Å². The van der Waals surface area contributed by atoms with Crippen LogP contribution in [0.25, 0.3) is 0 Å². The molecule has 0 saturated heterocycles. The maximum atomic E-state index is 6.19. The number of ether oxygens (including phenoxy) is 1. The van der Waals surface area contributed by atoms with E-state index in [0.29, 0.717) is 28.9 Å². The quantitative estimate of drug-likeness (QED) is 0.525. The van der Waals surface area contributed by atoms with Gasteiger partial charge in [0.1, 0.15) is 11.5 Å². The summed E-state index contributed by atoms with van der Waals surface area (Å²) in [6.07, 6.45) is 3.38. The molecule has 0 unspecified atom stereocenters. The Morgan fingerprint density at radius 2 is 1.80 bits per heavy atom. The van der Waals surface area contributed by atoms with Gasteiger partial charge in [-0.3, -0.25) is 4.98 Å². The standard InChI is InChI=1S/C19H16Cl2N2OS/c20-15-4-3-13(18(21)9-15)10-23-11-14-8-16(5-6-19(14)25)24-17-2-1-7-22-12-17/h1-9,12,23,25H,10-11H2. The zero-order valence-electron chi connectivity index (χ0n) is 13.2. The molecule has 0 bridgehead atoms. The van der Waals surface area contributed by atoms with E-state index in [2.05, 4.69) is 22.9 Å². The van der Waals surface area contributed by atoms with Crippen LogP contribution in [0.1, 0.15) is 11.1 Å². The van der Waals surface area contributed by atoms with E-state index in [-0.39, 0.29) is 0 Å². The molecule has 2 aromatic carbocycles. The van der Waals surface area contributed by atoms with Gasteiger partial charge in [-0.2, -0.15) is 0 Å². The Labute approximate surface area is 162 Å². The molecule has 0 radical (unpaired) electrons. The summed E-state index contributed by atoms with van der Waals surface area (Å²) >= 11 is 16.6. The van der Waals surface area contributed by atoms with Crippen LogP contribution in [-0.2, 0) is 13.1 Å². The van der Waals surface area contributed by atoms with Gasteiger partial charge in [0, 0.05) is 34.2 Å². The zero-order chi connectivity index (χ0) is 17.6. The SMILES string of the molecule is Sc1ccc(Oc2cccnc2)cc1CNCc1ccc(Cl)cc1Cl. The van der Waals surface area contributed by atoms with E-state index in [9.17, 15) is 0 Å². The van der Waals surface area contributed by atoms with E-state index in [1.807, 2.05) is 42.5 Å². The van der Waals surface area contributed by atoms with E-state index >= 15 is 0 Å². The second-order valence-corrected chi connectivity index (χ2v) is 6.75. The number of nitrogens with zero attached hydrogens (tertiary/aromatic N) is 1. The molecule has 0 aliphatic heterocycles. The highest BCUT2D eigenvalue weighted by molar-refractivity contribution is 7.80. The number of aromatic nitrogens is 1. The summed E-state index contributed by atoms with van der Waals surface area (Å²) in [4.78, 5) is 4.94. The molecular formula is C19H16Cl2N2OS. The summed E-state index contributed by atoms with van der Waals surface area (Å²) in [5.74, 6) is 1.44. The number of rotatable bonds is 6. The van der Waals surface area contributed by atoms with Gasteiger partial charge in [-0.25, -0.2) is 0 Å². The first kappa shape index (κ1) is 18.1. The minimum Gasteiger partial charge on any atom is -0.456 e. The molecule has 3 aromatic rings. The minimum absolute atomic E-state index is 0.631. The van der Waals surface area contributed by atoms with Gasteiger partial charge < -0.3 is 10.1 Å². The van der Waals surface area contributed by atoms with Crippen molar-refractivity contribution in [2.24, 2.45) is 0 Å². The molecule has 0 amide bonds. The summed E-state index contributed by atoms with van der Waals surface area (Å²) < 4.78 is 5.81. The Balaban J connectivity index is 1.64. The summed E-state index contributed by atoms with van der Waals surface area (Å²) in [5.41, 5.74) is 2.03. The van der Waals surface area contributed by atoms with Crippen molar-refractivity contribution < 1.29 is 4.74 Å². The monoisotopic (exact) mass is 390 g/mol. The highest BCUT2D eigenvalue weighted by Crippen LogP contribution is 2.25. The van der Waals surface area contributed by atoms with Crippen LogP contribution >= 0.6 is 35.8 Å². The third-order valence-corrected chi connectivity index (χ3v) is 4.59.